The molecule has 1 N–H and O–H groups in total. The Morgan fingerprint density at radius 2 is 2.00 bits per heavy atom. The normalized spacial score (nSPS) is 11.3. The zero-order valence-electron chi connectivity index (χ0n) is 15.2. The first-order chi connectivity index (χ1) is 12.1. The number of benzene rings is 1. The number of hydrogen-bond donors (Lipinski definition) is 1. The van der Waals surface area contributed by atoms with Crippen LogP contribution in [-0.4, -0.2) is 54.9 Å². The van der Waals surface area contributed by atoms with Crippen LogP contribution in [0.15, 0.2) is 33.8 Å². The highest BCUT2D eigenvalue weighted by molar-refractivity contribution is 5.79. The van der Waals surface area contributed by atoms with Gasteiger partial charge in [0.1, 0.15) is 24.7 Å². The van der Waals surface area contributed by atoms with Crippen molar-refractivity contribution in [2.45, 2.75) is 20.4 Å². The van der Waals surface area contributed by atoms with Crippen LogP contribution in [-0.2, 0) is 6.54 Å². The summed E-state index contributed by atoms with van der Waals surface area (Å²) in [4.78, 5) is 10.7. The third-order valence-electron chi connectivity index (χ3n) is 3.39. The van der Waals surface area contributed by atoms with Crippen LogP contribution in [0.4, 0.5) is 0 Å². The molecule has 1 heterocycles. The van der Waals surface area contributed by atoms with E-state index in [-0.39, 0.29) is 0 Å². The maximum Gasteiger partial charge on any atom is 0.223 e. The SMILES string of the molecule is CCNC(=NCc1noc(C)n1)N(C)CCOc1ccc(OC)cc1. The molecule has 0 aliphatic heterocycles. The van der Waals surface area contributed by atoms with E-state index >= 15 is 0 Å². The predicted octanol–water partition coefficient (Wildman–Crippen LogP) is 1.86. The summed E-state index contributed by atoms with van der Waals surface area (Å²) in [7, 11) is 3.60. The number of ether oxygens (including phenoxy) is 2. The van der Waals surface area contributed by atoms with Gasteiger partial charge in [0.2, 0.25) is 5.89 Å². The van der Waals surface area contributed by atoms with Crippen LogP contribution in [0.5, 0.6) is 11.5 Å². The van der Waals surface area contributed by atoms with Gasteiger partial charge in [-0.3, -0.25) is 0 Å². The van der Waals surface area contributed by atoms with Crippen molar-refractivity contribution in [2.75, 3.05) is 33.9 Å². The van der Waals surface area contributed by atoms with Gasteiger partial charge in [0, 0.05) is 20.5 Å². The van der Waals surface area contributed by atoms with Gasteiger partial charge in [-0.1, -0.05) is 5.16 Å². The first kappa shape index (κ1) is 18.6. The van der Waals surface area contributed by atoms with Crippen LogP contribution < -0.4 is 14.8 Å². The number of nitrogens with zero attached hydrogens (tertiary/aromatic N) is 4. The largest absolute Gasteiger partial charge is 0.497 e. The van der Waals surface area contributed by atoms with E-state index in [0.717, 1.165) is 24.0 Å². The highest BCUT2D eigenvalue weighted by atomic mass is 16.5. The number of guanidine groups is 1. The second-order valence-corrected chi connectivity index (χ2v) is 5.35. The Balaban J connectivity index is 1.84. The molecule has 2 aromatic rings. The standard InChI is InChI=1S/C17H25N5O3/c1-5-18-17(19-12-16-20-13(2)25-21-16)22(3)10-11-24-15-8-6-14(23-4)7-9-15/h6-9H,5,10-12H2,1-4H3,(H,18,19). The number of hydrogen-bond acceptors (Lipinski definition) is 6. The summed E-state index contributed by atoms with van der Waals surface area (Å²) in [6.45, 7) is 6.14. The van der Waals surface area contributed by atoms with Gasteiger partial charge in [-0.25, -0.2) is 4.99 Å². The highest BCUT2D eigenvalue weighted by Crippen LogP contribution is 2.16. The second-order valence-electron chi connectivity index (χ2n) is 5.35. The summed E-state index contributed by atoms with van der Waals surface area (Å²) in [6.07, 6.45) is 0. The summed E-state index contributed by atoms with van der Waals surface area (Å²) in [5.74, 6) is 3.48. The van der Waals surface area contributed by atoms with Gasteiger partial charge in [0.15, 0.2) is 11.8 Å². The Bertz CT molecular complexity index is 669. The minimum Gasteiger partial charge on any atom is -0.497 e. The zero-order chi connectivity index (χ0) is 18.1. The highest BCUT2D eigenvalue weighted by Gasteiger charge is 2.07. The van der Waals surface area contributed by atoms with Gasteiger partial charge in [0.05, 0.1) is 13.7 Å². The first-order valence-electron chi connectivity index (χ1n) is 8.18. The fourth-order valence-corrected chi connectivity index (χ4v) is 2.10. The van der Waals surface area contributed by atoms with Crippen molar-refractivity contribution < 1.29 is 14.0 Å². The van der Waals surface area contributed by atoms with Crippen molar-refractivity contribution in [2.24, 2.45) is 4.99 Å². The molecule has 8 heteroatoms. The van der Waals surface area contributed by atoms with E-state index in [1.54, 1.807) is 14.0 Å². The molecule has 0 saturated heterocycles. The van der Waals surface area contributed by atoms with Gasteiger partial charge in [-0.2, -0.15) is 4.98 Å². The van der Waals surface area contributed by atoms with Crippen molar-refractivity contribution in [3.63, 3.8) is 0 Å². The van der Waals surface area contributed by atoms with Crippen molar-refractivity contribution in [3.8, 4) is 11.5 Å². The van der Waals surface area contributed by atoms with E-state index in [2.05, 4.69) is 20.4 Å². The third kappa shape index (κ3) is 5.98. The fourth-order valence-electron chi connectivity index (χ4n) is 2.10. The average molecular weight is 347 g/mol. The van der Waals surface area contributed by atoms with Crippen molar-refractivity contribution >= 4 is 5.96 Å². The summed E-state index contributed by atoms with van der Waals surface area (Å²) < 4.78 is 15.8. The number of aromatic nitrogens is 2. The number of rotatable bonds is 8. The van der Waals surface area contributed by atoms with Gasteiger partial charge in [-0.05, 0) is 31.2 Å². The fraction of sp³-hybridized carbons (Fsp3) is 0.471. The maximum absolute atomic E-state index is 5.75. The lowest BCUT2D eigenvalue weighted by Gasteiger charge is -2.22. The molecule has 0 spiro atoms. The van der Waals surface area contributed by atoms with Crippen LogP contribution in [0.2, 0.25) is 0 Å². The van der Waals surface area contributed by atoms with E-state index in [1.807, 2.05) is 43.1 Å². The second kappa shape index (κ2) is 9.51. The maximum atomic E-state index is 5.75. The molecule has 0 aliphatic rings. The monoisotopic (exact) mass is 347 g/mol. The lowest BCUT2D eigenvalue weighted by atomic mass is 10.3. The molecule has 2 rings (SSSR count). The third-order valence-corrected chi connectivity index (χ3v) is 3.39. The molecular weight excluding hydrogens is 322 g/mol. The van der Waals surface area contributed by atoms with Crippen LogP contribution in [0.3, 0.4) is 0 Å². The van der Waals surface area contributed by atoms with Crippen molar-refractivity contribution in [1.82, 2.24) is 20.4 Å². The molecule has 0 radical (unpaired) electrons. The van der Waals surface area contributed by atoms with Gasteiger partial charge >= 0.3 is 0 Å². The van der Waals surface area contributed by atoms with Gasteiger partial charge < -0.3 is 24.2 Å². The lowest BCUT2D eigenvalue weighted by Crippen LogP contribution is -2.40. The Kier molecular flexibility index (Phi) is 7.06. The molecule has 0 fully saturated rings. The molecule has 136 valence electrons. The van der Waals surface area contributed by atoms with Crippen LogP contribution in [0, 0.1) is 6.92 Å². The molecule has 0 aliphatic carbocycles. The summed E-state index contributed by atoms with van der Waals surface area (Å²) >= 11 is 0. The zero-order valence-corrected chi connectivity index (χ0v) is 15.2. The van der Waals surface area contributed by atoms with Crippen molar-refractivity contribution in [3.05, 3.63) is 36.0 Å². The van der Waals surface area contributed by atoms with E-state index in [9.17, 15) is 0 Å². The topological polar surface area (TPSA) is 85.0 Å². The molecule has 8 nitrogen and oxygen atoms in total. The molecule has 1 aromatic heterocycles. The Morgan fingerprint density at radius 1 is 1.28 bits per heavy atom. The van der Waals surface area contributed by atoms with E-state index in [0.29, 0.717) is 31.4 Å². The smallest absolute Gasteiger partial charge is 0.223 e. The predicted molar refractivity (Wildman–Crippen MR) is 95.0 cm³/mol. The lowest BCUT2D eigenvalue weighted by molar-refractivity contribution is 0.281. The molecule has 25 heavy (non-hydrogen) atoms. The summed E-state index contributed by atoms with van der Waals surface area (Å²) in [6, 6.07) is 7.52. The number of likely N-dealkylation sites (N-methyl/N-ethyl adjacent to an activating group) is 1. The summed E-state index contributed by atoms with van der Waals surface area (Å²) in [5.41, 5.74) is 0. The molecule has 0 unspecified atom stereocenters. The number of aryl methyl sites for hydroxylation is 1. The van der Waals surface area contributed by atoms with E-state index < -0.39 is 0 Å². The molecule has 0 bridgehead atoms. The van der Waals surface area contributed by atoms with Gasteiger partial charge in [-0.15, -0.1) is 0 Å². The van der Waals surface area contributed by atoms with E-state index in [1.165, 1.54) is 0 Å². The van der Waals surface area contributed by atoms with E-state index in [4.69, 9.17) is 14.0 Å². The molecule has 0 atom stereocenters. The Hall–Kier alpha value is -2.77. The molecule has 1 aromatic carbocycles. The quantitative estimate of drug-likeness (QED) is 0.576. The van der Waals surface area contributed by atoms with Gasteiger partial charge in [0.25, 0.3) is 0 Å². The van der Waals surface area contributed by atoms with Crippen LogP contribution in [0.25, 0.3) is 0 Å². The minimum absolute atomic E-state index is 0.364. The van der Waals surface area contributed by atoms with Crippen molar-refractivity contribution in [1.29, 1.82) is 0 Å². The Morgan fingerprint density at radius 3 is 2.60 bits per heavy atom. The molecule has 0 saturated carbocycles. The summed E-state index contributed by atoms with van der Waals surface area (Å²) in [5, 5.41) is 7.09. The minimum atomic E-state index is 0.364. The number of nitrogens with one attached hydrogen (secondary N) is 1. The van der Waals surface area contributed by atoms with Crippen LogP contribution >= 0.6 is 0 Å². The number of methoxy groups -OCH3 is 1. The average Bonchev–Trinajstić information content (AvgIpc) is 3.04. The molecule has 0 amide bonds. The Labute approximate surface area is 147 Å². The van der Waals surface area contributed by atoms with Crippen LogP contribution in [0.1, 0.15) is 18.6 Å². The number of aliphatic imine (C=N–C) groups is 1. The molecular formula is C17H25N5O3. The first-order valence-corrected chi connectivity index (χ1v) is 8.18.